The van der Waals surface area contributed by atoms with E-state index in [1.54, 1.807) is 29.3 Å². The molecule has 0 aliphatic carbocycles. The van der Waals surface area contributed by atoms with Gasteiger partial charge in [-0.3, -0.25) is 19.2 Å². The number of amides is 2. The standard InChI is InChI=1S/C32H26N2O5/c1-21(35)23-12-16-25(17-13-23)33-31(36)28-29(34(39-30(28)32(33)37)26-10-6-3-7-11-26)24-14-18-27(19-15-24)38-20-22-8-4-2-5-9-22/h2-19,28-30H,20H2,1H3/t28-,29+,30-/m0/s1. The molecule has 0 saturated carbocycles. The second-order valence-electron chi connectivity index (χ2n) is 9.62. The molecule has 39 heavy (non-hydrogen) atoms. The summed E-state index contributed by atoms with van der Waals surface area (Å²) in [6.07, 6.45) is -0.968. The lowest BCUT2D eigenvalue weighted by Gasteiger charge is -2.29. The van der Waals surface area contributed by atoms with Gasteiger partial charge in [-0.25, -0.2) is 9.96 Å². The van der Waals surface area contributed by atoms with Crippen molar-refractivity contribution in [3.8, 4) is 5.75 Å². The molecule has 2 fully saturated rings. The molecule has 2 aliphatic heterocycles. The average Bonchev–Trinajstić information content (AvgIpc) is 3.49. The molecule has 6 rings (SSSR count). The van der Waals surface area contributed by atoms with E-state index < -0.39 is 24.0 Å². The molecule has 2 heterocycles. The van der Waals surface area contributed by atoms with Crippen molar-refractivity contribution >= 4 is 29.0 Å². The lowest BCUT2D eigenvalue weighted by molar-refractivity contribution is -0.126. The van der Waals surface area contributed by atoms with Gasteiger partial charge >= 0.3 is 0 Å². The first-order valence-electron chi connectivity index (χ1n) is 12.8. The molecule has 7 heteroatoms. The van der Waals surface area contributed by atoms with E-state index in [1.807, 2.05) is 84.9 Å². The van der Waals surface area contributed by atoms with Crippen molar-refractivity contribution in [3.63, 3.8) is 0 Å². The van der Waals surface area contributed by atoms with Crippen LogP contribution in [0.4, 0.5) is 11.4 Å². The number of carbonyl (C=O) groups is 3. The van der Waals surface area contributed by atoms with Crippen LogP contribution in [0, 0.1) is 5.92 Å². The van der Waals surface area contributed by atoms with E-state index in [-0.39, 0.29) is 11.7 Å². The second kappa shape index (κ2) is 10.2. The van der Waals surface area contributed by atoms with Crippen molar-refractivity contribution < 1.29 is 24.0 Å². The van der Waals surface area contributed by atoms with Gasteiger partial charge in [0.25, 0.3) is 5.91 Å². The molecule has 0 bridgehead atoms. The van der Waals surface area contributed by atoms with Crippen LogP contribution in [0.3, 0.4) is 0 Å². The summed E-state index contributed by atoms with van der Waals surface area (Å²) in [5, 5.41) is 1.67. The number of benzene rings is 4. The molecule has 4 aromatic rings. The fraction of sp³-hybridized carbons (Fsp3) is 0.156. The number of ether oxygens (including phenoxy) is 1. The van der Waals surface area contributed by atoms with Crippen LogP contribution >= 0.6 is 0 Å². The zero-order chi connectivity index (χ0) is 26.9. The van der Waals surface area contributed by atoms with Crippen LogP contribution in [0.2, 0.25) is 0 Å². The van der Waals surface area contributed by atoms with Crippen molar-refractivity contribution in [3.05, 3.63) is 126 Å². The predicted octanol–water partition coefficient (Wildman–Crippen LogP) is 5.52. The average molecular weight is 519 g/mol. The minimum Gasteiger partial charge on any atom is -0.489 e. The summed E-state index contributed by atoms with van der Waals surface area (Å²) in [6.45, 7) is 1.91. The molecule has 7 nitrogen and oxygen atoms in total. The van der Waals surface area contributed by atoms with E-state index in [0.29, 0.717) is 23.6 Å². The minimum atomic E-state index is -0.968. The van der Waals surface area contributed by atoms with Crippen molar-refractivity contribution in [2.75, 3.05) is 9.96 Å². The molecule has 4 aromatic carbocycles. The minimum absolute atomic E-state index is 0.0874. The zero-order valence-corrected chi connectivity index (χ0v) is 21.3. The first-order chi connectivity index (χ1) is 19.0. The molecule has 194 valence electrons. The summed E-state index contributed by atoms with van der Waals surface area (Å²) in [6, 6.07) is 32.9. The number of fused-ring (bicyclic) bond motifs is 1. The Kier molecular flexibility index (Phi) is 6.42. The van der Waals surface area contributed by atoms with Crippen LogP contribution in [0.15, 0.2) is 109 Å². The van der Waals surface area contributed by atoms with E-state index in [4.69, 9.17) is 9.57 Å². The van der Waals surface area contributed by atoms with Crippen LogP contribution in [0.1, 0.15) is 34.5 Å². The Morgan fingerprint density at radius 3 is 2.05 bits per heavy atom. The number of imide groups is 1. The molecule has 0 radical (unpaired) electrons. The Hall–Kier alpha value is -4.75. The molecule has 2 saturated heterocycles. The third-order valence-corrected chi connectivity index (χ3v) is 7.13. The van der Waals surface area contributed by atoms with Gasteiger partial charge in [-0.1, -0.05) is 60.7 Å². The summed E-state index contributed by atoms with van der Waals surface area (Å²) in [5.74, 6) is -0.901. The van der Waals surface area contributed by atoms with Gasteiger partial charge < -0.3 is 4.74 Å². The molecule has 0 spiro atoms. The van der Waals surface area contributed by atoms with Gasteiger partial charge in [0.15, 0.2) is 11.9 Å². The maximum atomic E-state index is 13.8. The Morgan fingerprint density at radius 1 is 0.769 bits per heavy atom. The molecule has 0 unspecified atom stereocenters. The highest BCUT2D eigenvalue weighted by Gasteiger charge is 2.60. The number of hydroxylamine groups is 1. The highest BCUT2D eigenvalue weighted by molar-refractivity contribution is 6.24. The summed E-state index contributed by atoms with van der Waals surface area (Å²) in [7, 11) is 0. The van der Waals surface area contributed by atoms with Gasteiger partial charge in [-0.05, 0) is 66.6 Å². The highest BCUT2D eigenvalue weighted by Crippen LogP contribution is 2.47. The van der Waals surface area contributed by atoms with Gasteiger partial charge in [-0.2, -0.15) is 0 Å². The summed E-state index contributed by atoms with van der Waals surface area (Å²) in [4.78, 5) is 46.4. The number of para-hydroxylation sites is 1. The Labute approximate surface area is 226 Å². The van der Waals surface area contributed by atoms with Gasteiger partial charge in [-0.15, -0.1) is 0 Å². The van der Waals surface area contributed by atoms with Gasteiger partial charge in [0.05, 0.1) is 17.4 Å². The van der Waals surface area contributed by atoms with E-state index in [1.165, 1.54) is 11.8 Å². The van der Waals surface area contributed by atoms with Crippen LogP contribution in [0.25, 0.3) is 0 Å². The van der Waals surface area contributed by atoms with Crippen LogP contribution in [-0.4, -0.2) is 23.7 Å². The quantitative estimate of drug-likeness (QED) is 0.237. The molecule has 0 aromatic heterocycles. The third kappa shape index (κ3) is 4.57. The van der Waals surface area contributed by atoms with Crippen molar-refractivity contribution in [2.45, 2.75) is 25.7 Å². The van der Waals surface area contributed by atoms with E-state index in [2.05, 4.69) is 0 Å². The first kappa shape index (κ1) is 24.6. The van der Waals surface area contributed by atoms with E-state index in [0.717, 1.165) is 16.8 Å². The predicted molar refractivity (Wildman–Crippen MR) is 146 cm³/mol. The fourth-order valence-electron chi connectivity index (χ4n) is 5.15. The van der Waals surface area contributed by atoms with Crippen molar-refractivity contribution in [1.82, 2.24) is 0 Å². The summed E-state index contributed by atoms with van der Waals surface area (Å²) < 4.78 is 5.95. The molecule has 2 aliphatic rings. The Morgan fingerprint density at radius 2 is 1.41 bits per heavy atom. The number of hydrogen-bond acceptors (Lipinski definition) is 6. The number of nitrogens with zero attached hydrogens (tertiary/aromatic N) is 2. The van der Waals surface area contributed by atoms with Gasteiger partial charge in [0.1, 0.15) is 18.3 Å². The summed E-state index contributed by atoms with van der Waals surface area (Å²) in [5.41, 5.74) is 3.57. The second-order valence-corrected chi connectivity index (χ2v) is 9.62. The molecule has 0 N–H and O–H groups in total. The maximum absolute atomic E-state index is 13.8. The first-order valence-corrected chi connectivity index (χ1v) is 12.8. The Balaban J connectivity index is 1.30. The highest BCUT2D eigenvalue weighted by atomic mass is 16.7. The van der Waals surface area contributed by atoms with Crippen molar-refractivity contribution in [2.24, 2.45) is 5.92 Å². The zero-order valence-electron chi connectivity index (χ0n) is 21.3. The molecule has 3 atom stereocenters. The summed E-state index contributed by atoms with van der Waals surface area (Å²) >= 11 is 0. The molecule has 2 amide bonds. The smallest absolute Gasteiger partial charge is 0.266 e. The number of ketones is 1. The molecular weight excluding hydrogens is 492 g/mol. The largest absolute Gasteiger partial charge is 0.489 e. The van der Waals surface area contributed by atoms with E-state index >= 15 is 0 Å². The van der Waals surface area contributed by atoms with Crippen LogP contribution < -0.4 is 14.7 Å². The number of carbonyl (C=O) groups excluding carboxylic acids is 3. The Bertz CT molecular complexity index is 1500. The van der Waals surface area contributed by atoms with Crippen molar-refractivity contribution in [1.29, 1.82) is 0 Å². The number of rotatable bonds is 7. The number of anilines is 2. The topological polar surface area (TPSA) is 76.2 Å². The number of Topliss-reactive ketones (excluding diaryl/α,β-unsaturated/α-hetero) is 1. The number of hydrogen-bond donors (Lipinski definition) is 0. The maximum Gasteiger partial charge on any atom is 0.266 e. The lowest BCUT2D eigenvalue weighted by Crippen LogP contribution is -2.37. The van der Waals surface area contributed by atoms with Gasteiger partial charge in [0, 0.05) is 5.56 Å². The fourth-order valence-corrected chi connectivity index (χ4v) is 5.15. The lowest BCUT2D eigenvalue weighted by atomic mass is 9.90. The monoisotopic (exact) mass is 518 g/mol. The molecular formula is C32H26N2O5. The SMILES string of the molecule is CC(=O)c1ccc(N2C(=O)[C@@H]3[C@H](ON(c4ccccc4)[C@@H]3c3ccc(OCc4ccccc4)cc3)C2=O)cc1. The van der Waals surface area contributed by atoms with Gasteiger partial charge in [0.2, 0.25) is 5.91 Å². The van der Waals surface area contributed by atoms with Crippen LogP contribution in [0.5, 0.6) is 5.75 Å². The normalized spacial score (nSPS) is 20.3. The van der Waals surface area contributed by atoms with Crippen LogP contribution in [-0.2, 0) is 21.0 Å². The van der Waals surface area contributed by atoms with E-state index in [9.17, 15) is 14.4 Å². The third-order valence-electron chi connectivity index (χ3n) is 7.13.